The number of fused-ring (bicyclic) bond motifs is 3. The highest BCUT2D eigenvalue weighted by Crippen LogP contribution is 2.41. The van der Waals surface area contributed by atoms with Crippen LogP contribution in [-0.4, -0.2) is 29.4 Å². The number of ether oxygens (including phenoxy) is 2. The van der Waals surface area contributed by atoms with Gasteiger partial charge in [-0.3, -0.25) is 4.90 Å². The van der Waals surface area contributed by atoms with Gasteiger partial charge in [0.1, 0.15) is 18.3 Å². The number of hydrogen-bond donors (Lipinski definition) is 1. The van der Waals surface area contributed by atoms with E-state index < -0.39 is 6.03 Å². The predicted molar refractivity (Wildman–Crippen MR) is 157 cm³/mol. The lowest BCUT2D eigenvalue weighted by Crippen LogP contribution is -2.37. The fraction of sp³-hybridized carbons (Fsp3) is 0.233. The number of halogens is 2. The van der Waals surface area contributed by atoms with Crippen molar-refractivity contribution < 1.29 is 14.3 Å². The molecule has 0 aliphatic carbocycles. The van der Waals surface area contributed by atoms with Crippen molar-refractivity contribution in [2.24, 2.45) is 0 Å². The molecular weight excluding hydrogens is 549 g/mol. The molecule has 8 nitrogen and oxygen atoms in total. The largest absolute Gasteiger partial charge is 0.496 e. The van der Waals surface area contributed by atoms with Crippen LogP contribution < -0.4 is 15.0 Å². The van der Waals surface area contributed by atoms with Crippen LogP contribution in [0.25, 0.3) is 22.6 Å². The predicted octanol–water partition coefficient (Wildman–Crippen LogP) is 7.82. The number of carbonyl (C=O) groups excluding carboxylic acids is 1. The molecule has 40 heavy (non-hydrogen) atoms. The molecule has 0 radical (unpaired) electrons. The standard InChI is InChI=1S/C30H27Cl2N5O3/c1-17(2)37-28-22-9-8-20(31)12-24(22)35-30(38)36(26-13-21(32)7-5-18(26)3)16-40-15-25(28)34-29(37)23-11-19(14-33)6-10-27(23)39-4/h5-13,17H,15-16H2,1-4H3,(H,35,38). The number of anilines is 2. The number of aryl methyl sites for hydroxylation is 1. The highest BCUT2D eigenvalue weighted by atomic mass is 35.5. The van der Waals surface area contributed by atoms with E-state index in [2.05, 4.69) is 16.0 Å². The zero-order valence-electron chi connectivity index (χ0n) is 22.5. The number of nitriles is 1. The first kappa shape index (κ1) is 27.5. The number of urea groups is 1. The average Bonchev–Trinajstić information content (AvgIpc) is 3.31. The van der Waals surface area contributed by atoms with Crippen LogP contribution in [0.2, 0.25) is 10.0 Å². The molecule has 2 heterocycles. The summed E-state index contributed by atoms with van der Waals surface area (Å²) < 4.78 is 13.8. The third-order valence-electron chi connectivity index (χ3n) is 6.71. The van der Waals surface area contributed by atoms with Gasteiger partial charge < -0.3 is 19.4 Å². The summed E-state index contributed by atoms with van der Waals surface area (Å²) in [6, 6.07) is 17.7. The summed E-state index contributed by atoms with van der Waals surface area (Å²) in [4.78, 5) is 20.2. The Bertz CT molecular complexity index is 1660. The second-order valence-corrected chi connectivity index (χ2v) is 10.6. The minimum absolute atomic E-state index is 0.0422. The first-order valence-electron chi connectivity index (χ1n) is 12.6. The van der Waals surface area contributed by atoms with Crippen molar-refractivity contribution in [2.75, 3.05) is 24.1 Å². The van der Waals surface area contributed by atoms with Crippen LogP contribution in [0.5, 0.6) is 5.75 Å². The molecule has 0 unspecified atom stereocenters. The van der Waals surface area contributed by atoms with E-state index in [9.17, 15) is 10.1 Å². The van der Waals surface area contributed by atoms with E-state index in [0.717, 1.165) is 16.8 Å². The smallest absolute Gasteiger partial charge is 0.328 e. The Kier molecular flexibility index (Phi) is 7.72. The molecular formula is C30H27Cl2N5O3. The van der Waals surface area contributed by atoms with Crippen molar-refractivity contribution in [2.45, 2.75) is 33.4 Å². The summed E-state index contributed by atoms with van der Waals surface area (Å²) in [5.41, 5.74) is 5.33. The average molecular weight is 576 g/mol. The maximum Gasteiger partial charge on any atom is 0.328 e. The molecule has 1 aliphatic heterocycles. The van der Waals surface area contributed by atoms with Crippen molar-refractivity contribution >= 4 is 40.6 Å². The van der Waals surface area contributed by atoms with Gasteiger partial charge in [-0.1, -0.05) is 29.3 Å². The quantitative estimate of drug-likeness (QED) is 0.267. The Balaban J connectivity index is 1.73. The van der Waals surface area contributed by atoms with Gasteiger partial charge in [-0.15, -0.1) is 0 Å². The van der Waals surface area contributed by atoms with Crippen LogP contribution >= 0.6 is 23.2 Å². The fourth-order valence-electron chi connectivity index (χ4n) is 4.86. The molecule has 1 aromatic heterocycles. The van der Waals surface area contributed by atoms with E-state index in [1.54, 1.807) is 49.6 Å². The normalized spacial score (nSPS) is 13.3. The molecule has 4 aromatic rings. The molecule has 2 amide bonds. The van der Waals surface area contributed by atoms with Gasteiger partial charge in [-0.05, 0) is 74.9 Å². The first-order valence-corrected chi connectivity index (χ1v) is 13.4. The Hall–Kier alpha value is -4.03. The lowest BCUT2D eigenvalue weighted by Gasteiger charge is -2.27. The third-order valence-corrected chi connectivity index (χ3v) is 7.18. The van der Waals surface area contributed by atoms with E-state index in [1.165, 1.54) is 4.90 Å². The molecule has 5 rings (SSSR count). The number of amides is 2. The van der Waals surface area contributed by atoms with Gasteiger partial charge >= 0.3 is 6.03 Å². The lowest BCUT2D eigenvalue weighted by molar-refractivity contribution is 0.122. The van der Waals surface area contributed by atoms with Crippen LogP contribution in [0.4, 0.5) is 16.2 Å². The molecule has 204 valence electrons. The summed E-state index contributed by atoms with van der Waals surface area (Å²) in [5, 5.41) is 13.6. The monoisotopic (exact) mass is 575 g/mol. The van der Waals surface area contributed by atoms with E-state index in [4.69, 9.17) is 37.7 Å². The van der Waals surface area contributed by atoms with Gasteiger partial charge in [0.25, 0.3) is 0 Å². The van der Waals surface area contributed by atoms with Crippen LogP contribution in [0.1, 0.15) is 36.7 Å². The molecule has 0 bridgehead atoms. The molecule has 1 N–H and O–H groups in total. The number of rotatable bonds is 4. The summed E-state index contributed by atoms with van der Waals surface area (Å²) in [5.74, 6) is 1.20. The zero-order chi connectivity index (χ0) is 28.6. The Morgan fingerprint density at radius 2 is 1.82 bits per heavy atom. The zero-order valence-corrected chi connectivity index (χ0v) is 24.0. The van der Waals surface area contributed by atoms with E-state index in [1.807, 2.05) is 32.9 Å². The number of nitrogens with zero attached hydrogens (tertiary/aromatic N) is 4. The molecule has 0 atom stereocenters. The molecule has 0 saturated carbocycles. The van der Waals surface area contributed by atoms with Crippen LogP contribution in [0, 0.1) is 18.3 Å². The lowest BCUT2D eigenvalue weighted by atomic mass is 10.1. The third kappa shape index (κ3) is 5.11. The SMILES string of the molecule is COc1ccc(C#N)cc1-c1nc2c(n1C(C)C)-c1ccc(Cl)cc1NC(=O)N(c1cc(Cl)ccc1C)COC2. The Labute approximate surface area is 242 Å². The second-order valence-electron chi connectivity index (χ2n) is 9.68. The summed E-state index contributed by atoms with van der Waals surface area (Å²) in [6.07, 6.45) is 0. The maximum absolute atomic E-state index is 13.7. The Morgan fingerprint density at radius 1 is 1.07 bits per heavy atom. The number of aromatic nitrogens is 2. The number of nitrogens with one attached hydrogen (secondary N) is 1. The number of hydrogen-bond acceptors (Lipinski definition) is 5. The summed E-state index contributed by atoms with van der Waals surface area (Å²) in [7, 11) is 1.58. The van der Waals surface area contributed by atoms with Crippen LogP contribution in [0.3, 0.4) is 0 Å². The van der Waals surface area contributed by atoms with Crippen LogP contribution in [0.15, 0.2) is 54.6 Å². The van der Waals surface area contributed by atoms with Crippen molar-refractivity contribution in [3.63, 3.8) is 0 Å². The molecule has 0 fully saturated rings. The summed E-state index contributed by atoms with van der Waals surface area (Å²) >= 11 is 12.7. The van der Waals surface area contributed by atoms with Crippen molar-refractivity contribution in [3.05, 3.63) is 81.5 Å². The highest BCUT2D eigenvalue weighted by molar-refractivity contribution is 6.31. The van der Waals surface area contributed by atoms with E-state index in [0.29, 0.717) is 49.8 Å². The first-order chi connectivity index (χ1) is 19.2. The number of imidazole rings is 1. The van der Waals surface area contributed by atoms with Crippen molar-refractivity contribution in [1.82, 2.24) is 9.55 Å². The van der Waals surface area contributed by atoms with Gasteiger partial charge in [-0.2, -0.15) is 5.26 Å². The molecule has 0 saturated heterocycles. The van der Waals surface area contributed by atoms with Crippen molar-refractivity contribution in [1.29, 1.82) is 5.26 Å². The minimum Gasteiger partial charge on any atom is -0.496 e. The summed E-state index contributed by atoms with van der Waals surface area (Å²) in [6.45, 7) is 6.07. The van der Waals surface area contributed by atoms with Crippen LogP contribution in [-0.2, 0) is 11.3 Å². The van der Waals surface area contributed by atoms with Gasteiger partial charge in [0.05, 0.1) is 53.7 Å². The van der Waals surface area contributed by atoms with Gasteiger partial charge in [-0.25, -0.2) is 9.78 Å². The molecule has 3 aromatic carbocycles. The molecule has 0 spiro atoms. The fourth-order valence-corrected chi connectivity index (χ4v) is 5.20. The minimum atomic E-state index is -0.392. The number of methoxy groups -OCH3 is 1. The molecule has 10 heteroatoms. The van der Waals surface area contributed by atoms with Gasteiger partial charge in [0, 0.05) is 21.7 Å². The van der Waals surface area contributed by atoms with Crippen molar-refractivity contribution in [3.8, 4) is 34.5 Å². The Morgan fingerprint density at radius 3 is 2.55 bits per heavy atom. The highest BCUT2D eigenvalue weighted by Gasteiger charge is 2.28. The maximum atomic E-state index is 13.7. The van der Waals surface area contributed by atoms with E-state index in [-0.39, 0.29) is 19.4 Å². The second kappa shape index (κ2) is 11.2. The van der Waals surface area contributed by atoms with Gasteiger partial charge in [0.15, 0.2) is 0 Å². The van der Waals surface area contributed by atoms with E-state index >= 15 is 0 Å². The van der Waals surface area contributed by atoms with Gasteiger partial charge in [0.2, 0.25) is 0 Å². The topological polar surface area (TPSA) is 92.4 Å². The molecule has 1 aliphatic rings. The number of benzene rings is 3. The number of carbonyl (C=O) groups is 1.